The highest BCUT2D eigenvalue weighted by Gasteiger charge is 2.23. The molecular formula is C21H23N7O. The first-order valence-corrected chi connectivity index (χ1v) is 9.91. The molecule has 0 radical (unpaired) electrons. The van der Waals surface area contributed by atoms with Gasteiger partial charge in [0.1, 0.15) is 0 Å². The van der Waals surface area contributed by atoms with Crippen molar-refractivity contribution < 1.29 is 4.74 Å². The molecule has 0 aromatic carbocycles. The third kappa shape index (κ3) is 3.20. The zero-order chi connectivity index (χ0) is 19.8. The van der Waals surface area contributed by atoms with Crippen molar-refractivity contribution in [1.82, 2.24) is 29.4 Å². The minimum Gasteiger partial charge on any atom is -0.481 e. The third-order valence-corrected chi connectivity index (χ3v) is 5.48. The van der Waals surface area contributed by atoms with Gasteiger partial charge in [-0.05, 0) is 49.9 Å². The number of aromatic nitrogens is 6. The average Bonchev–Trinajstić information content (AvgIpc) is 3.36. The minimum absolute atomic E-state index is 0.306. The van der Waals surface area contributed by atoms with E-state index in [4.69, 9.17) is 9.72 Å². The number of fused-ring (bicyclic) bond motifs is 2. The van der Waals surface area contributed by atoms with Crippen LogP contribution in [0.5, 0.6) is 5.88 Å². The van der Waals surface area contributed by atoms with Crippen molar-refractivity contribution >= 4 is 11.6 Å². The van der Waals surface area contributed by atoms with Gasteiger partial charge in [-0.3, -0.25) is 4.68 Å². The molecule has 29 heavy (non-hydrogen) atoms. The van der Waals surface area contributed by atoms with E-state index in [1.165, 1.54) is 11.3 Å². The Balaban J connectivity index is 1.40. The molecule has 4 aromatic rings. The van der Waals surface area contributed by atoms with Crippen molar-refractivity contribution in [3.05, 3.63) is 54.1 Å². The van der Waals surface area contributed by atoms with Gasteiger partial charge in [-0.1, -0.05) is 0 Å². The first-order chi connectivity index (χ1) is 14.2. The number of nitrogens with one attached hydrogen (secondary N) is 1. The van der Waals surface area contributed by atoms with Gasteiger partial charge in [-0.2, -0.15) is 10.1 Å². The van der Waals surface area contributed by atoms with Gasteiger partial charge in [0.2, 0.25) is 11.8 Å². The van der Waals surface area contributed by atoms with Crippen LogP contribution in [0.3, 0.4) is 0 Å². The van der Waals surface area contributed by atoms with Crippen LogP contribution < -0.4 is 10.1 Å². The number of pyridine rings is 2. The maximum Gasteiger partial charge on any atom is 0.243 e. The lowest BCUT2D eigenvalue weighted by Crippen LogP contribution is -2.28. The van der Waals surface area contributed by atoms with Gasteiger partial charge in [0, 0.05) is 47.9 Å². The molecule has 0 saturated carbocycles. The van der Waals surface area contributed by atoms with E-state index in [0.717, 1.165) is 42.6 Å². The predicted molar refractivity (Wildman–Crippen MR) is 110 cm³/mol. The second-order valence-corrected chi connectivity index (χ2v) is 7.23. The maximum absolute atomic E-state index is 5.15. The van der Waals surface area contributed by atoms with E-state index in [1.807, 2.05) is 41.2 Å². The van der Waals surface area contributed by atoms with Crippen LogP contribution >= 0.6 is 0 Å². The van der Waals surface area contributed by atoms with Gasteiger partial charge in [0.15, 0.2) is 5.65 Å². The molecular weight excluding hydrogens is 366 g/mol. The summed E-state index contributed by atoms with van der Waals surface area (Å²) in [6.45, 7) is 3.05. The fraction of sp³-hybridized carbons (Fsp3) is 0.333. The molecule has 1 aliphatic carbocycles. The highest BCUT2D eigenvalue weighted by Crippen LogP contribution is 2.26. The summed E-state index contributed by atoms with van der Waals surface area (Å²) < 4.78 is 9.07. The van der Waals surface area contributed by atoms with E-state index in [2.05, 4.69) is 32.1 Å². The lowest BCUT2D eigenvalue weighted by Gasteiger charge is -2.23. The zero-order valence-corrected chi connectivity index (χ0v) is 16.5. The number of ether oxygens (including phenoxy) is 1. The van der Waals surface area contributed by atoms with E-state index < -0.39 is 0 Å². The molecule has 1 atom stereocenters. The zero-order valence-electron chi connectivity index (χ0n) is 16.5. The van der Waals surface area contributed by atoms with Crippen LogP contribution in [-0.4, -0.2) is 42.5 Å². The first kappa shape index (κ1) is 17.7. The molecule has 4 aromatic heterocycles. The molecule has 0 saturated heterocycles. The van der Waals surface area contributed by atoms with Crippen molar-refractivity contribution in [2.24, 2.45) is 0 Å². The standard InChI is InChI=1S/C21H23N7O/c1-3-27-18-8-7-16(11-15(18)13-23-27)24-21-25-20-17(5-4-10-28(20)26-21)14-6-9-19(29-2)22-12-14/h4-6,9-10,12-13,16H,3,7-8,11H2,1-2H3,(H,24,26). The molecule has 8 heteroatoms. The van der Waals surface area contributed by atoms with Crippen molar-refractivity contribution in [1.29, 1.82) is 0 Å². The van der Waals surface area contributed by atoms with E-state index in [0.29, 0.717) is 17.9 Å². The van der Waals surface area contributed by atoms with Crippen LogP contribution in [0, 0.1) is 0 Å². The van der Waals surface area contributed by atoms with Crippen LogP contribution in [-0.2, 0) is 19.4 Å². The number of hydrogen-bond donors (Lipinski definition) is 1. The molecule has 1 unspecified atom stereocenters. The first-order valence-electron chi connectivity index (χ1n) is 9.91. The molecule has 1 aliphatic rings. The Labute approximate surface area is 168 Å². The summed E-state index contributed by atoms with van der Waals surface area (Å²) in [5.41, 5.74) is 5.45. The van der Waals surface area contributed by atoms with Gasteiger partial charge < -0.3 is 10.1 Å². The van der Waals surface area contributed by atoms with E-state index in [1.54, 1.807) is 13.3 Å². The molecule has 8 nitrogen and oxygen atoms in total. The Hall–Kier alpha value is -3.42. The Morgan fingerprint density at radius 1 is 1.24 bits per heavy atom. The summed E-state index contributed by atoms with van der Waals surface area (Å²) in [5.74, 6) is 1.24. The number of hydrogen-bond acceptors (Lipinski definition) is 6. The van der Waals surface area contributed by atoms with Crippen molar-refractivity contribution in [2.45, 2.75) is 38.8 Å². The summed E-state index contributed by atoms with van der Waals surface area (Å²) in [4.78, 5) is 9.07. The van der Waals surface area contributed by atoms with E-state index >= 15 is 0 Å². The Kier molecular flexibility index (Phi) is 4.38. The number of aryl methyl sites for hydroxylation is 1. The Bertz CT molecular complexity index is 1150. The van der Waals surface area contributed by atoms with Gasteiger partial charge in [0.05, 0.1) is 13.3 Å². The van der Waals surface area contributed by atoms with Gasteiger partial charge >= 0.3 is 0 Å². The lowest BCUT2D eigenvalue weighted by molar-refractivity contribution is 0.398. The highest BCUT2D eigenvalue weighted by atomic mass is 16.5. The van der Waals surface area contributed by atoms with Gasteiger partial charge in [-0.15, -0.1) is 5.10 Å². The Morgan fingerprint density at radius 2 is 2.17 bits per heavy atom. The van der Waals surface area contributed by atoms with Crippen molar-refractivity contribution in [3.63, 3.8) is 0 Å². The van der Waals surface area contributed by atoms with E-state index in [-0.39, 0.29) is 0 Å². The third-order valence-electron chi connectivity index (χ3n) is 5.48. The summed E-state index contributed by atoms with van der Waals surface area (Å²) in [6, 6.07) is 8.14. The number of methoxy groups -OCH3 is 1. The topological polar surface area (TPSA) is 82.2 Å². The van der Waals surface area contributed by atoms with Crippen molar-refractivity contribution in [2.75, 3.05) is 12.4 Å². The van der Waals surface area contributed by atoms with Gasteiger partial charge in [0.25, 0.3) is 0 Å². The SMILES string of the molecule is CCn1ncc2c1CCC(Nc1nc3c(-c4ccc(OC)nc4)cccn3n1)C2. The number of rotatable bonds is 5. The molecule has 148 valence electrons. The van der Waals surface area contributed by atoms with E-state index in [9.17, 15) is 0 Å². The van der Waals surface area contributed by atoms with Crippen LogP contribution in [0.2, 0.25) is 0 Å². The molecule has 4 heterocycles. The van der Waals surface area contributed by atoms with Crippen LogP contribution in [0.4, 0.5) is 5.95 Å². The molecule has 0 aliphatic heterocycles. The lowest BCUT2D eigenvalue weighted by atomic mass is 9.93. The van der Waals surface area contributed by atoms with Crippen LogP contribution in [0.1, 0.15) is 24.6 Å². The number of nitrogens with zero attached hydrogens (tertiary/aromatic N) is 6. The fourth-order valence-electron chi connectivity index (χ4n) is 4.02. The van der Waals surface area contributed by atoms with Crippen LogP contribution in [0.15, 0.2) is 42.9 Å². The molecule has 5 rings (SSSR count). The van der Waals surface area contributed by atoms with Crippen LogP contribution in [0.25, 0.3) is 16.8 Å². The molecule has 0 spiro atoms. The second-order valence-electron chi connectivity index (χ2n) is 7.23. The molecule has 0 fully saturated rings. The largest absolute Gasteiger partial charge is 0.481 e. The second kappa shape index (κ2) is 7.20. The quantitative estimate of drug-likeness (QED) is 0.565. The van der Waals surface area contributed by atoms with Crippen molar-refractivity contribution in [3.8, 4) is 17.0 Å². The number of anilines is 1. The summed E-state index contributed by atoms with van der Waals surface area (Å²) in [7, 11) is 1.61. The summed E-state index contributed by atoms with van der Waals surface area (Å²) >= 11 is 0. The minimum atomic E-state index is 0.306. The molecule has 1 N–H and O–H groups in total. The average molecular weight is 389 g/mol. The normalized spacial score (nSPS) is 16.0. The highest BCUT2D eigenvalue weighted by molar-refractivity contribution is 5.77. The smallest absolute Gasteiger partial charge is 0.243 e. The summed E-state index contributed by atoms with van der Waals surface area (Å²) in [5, 5.41) is 12.6. The predicted octanol–water partition coefficient (Wildman–Crippen LogP) is 2.99. The summed E-state index contributed by atoms with van der Waals surface area (Å²) in [6.07, 6.45) is 8.72. The molecule has 0 bridgehead atoms. The maximum atomic E-state index is 5.15. The Morgan fingerprint density at radius 3 is 2.97 bits per heavy atom. The fourth-order valence-corrected chi connectivity index (χ4v) is 4.02. The monoisotopic (exact) mass is 389 g/mol. The van der Waals surface area contributed by atoms with Gasteiger partial charge in [-0.25, -0.2) is 9.50 Å². The molecule has 0 amide bonds.